The van der Waals surface area contributed by atoms with Crippen molar-refractivity contribution in [3.05, 3.63) is 65.9 Å². The lowest BCUT2D eigenvalue weighted by Crippen LogP contribution is -2.30. The standard InChI is InChI=1S/C18H20N4O/c1-14-5-10-22-13-16(20-17(22)11-14)12-18(23)21(2)9-6-15-3-7-19-8-4-15/h3-5,7-8,10-11,13H,6,9,12H2,1-2H3. The molecule has 5 nitrogen and oxygen atoms in total. The van der Waals surface area contributed by atoms with E-state index in [-0.39, 0.29) is 5.91 Å². The van der Waals surface area contributed by atoms with Crippen LogP contribution in [0.15, 0.2) is 49.1 Å². The molecule has 0 aliphatic carbocycles. The smallest absolute Gasteiger partial charge is 0.228 e. The Morgan fingerprint density at radius 1 is 1.26 bits per heavy atom. The van der Waals surface area contributed by atoms with Crippen molar-refractivity contribution in [2.45, 2.75) is 19.8 Å². The quantitative estimate of drug-likeness (QED) is 0.726. The SMILES string of the molecule is Cc1ccn2cc(CC(=O)N(C)CCc3ccncc3)nc2c1. The number of imidazole rings is 1. The molecule has 0 N–H and O–H groups in total. The molecule has 0 aliphatic heterocycles. The van der Waals surface area contributed by atoms with Crippen molar-refractivity contribution >= 4 is 11.6 Å². The van der Waals surface area contributed by atoms with Crippen molar-refractivity contribution < 1.29 is 4.79 Å². The lowest BCUT2D eigenvalue weighted by molar-refractivity contribution is -0.129. The van der Waals surface area contributed by atoms with Gasteiger partial charge in [-0.2, -0.15) is 0 Å². The third kappa shape index (κ3) is 3.74. The first-order valence-electron chi connectivity index (χ1n) is 7.69. The fourth-order valence-electron chi connectivity index (χ4n) is 2.48. The number of aryl methyl sites for hydroxylation is 1. The van der Waals surface area contributed by atoms with Crippen LogP contribution in [0.3, 0.4) is 0 Å². The number of likely N-dealkylation sites (N-methyl/N-ethyl adjacent to an activating group) is 1. The van der Waals surface area contributed by atoms with Gasteiger partial charge in [-0.3, -0.25) is 9.78 Å². The van der Waals surface area contributed by atoms with Gasteiger partial charge in [-0.1, -0.05) is 0 Å². The molecule has 23 heavy (non-hydrogen) atoms. The largest absolute Gasteiger partial charge is 0.345 e. The first-order valence-corrected chi connectivity index (χ1v) is 7.69. The molecule has 0 saturated heterocycles. The summed E-state index contributed by atoms with van der Waals surface area (Å²) in [6.45, 7) is 2.72. The summed E-state index contributed by atoms with van der Waals surface area (Å²) < 4.78 is 1.95. The van der Waals surface area contributed by atoms with Crippen molar-refractivity contribution in [1.82, 2.24) is 19.3 Å². The Kier molecular flexibility index (Phi) is 4.37. The van der Waals surface area contributed by atoms with E-state index in [0.717, 1.165) is 23.3 Å². The fraction of sp³-hybridized carbons (Fsp3) is 0.278. The molecule has 0 aliphatic rings. The normalized spacial score (nSPS) is 10.9. The Morgan fingerprint density at radius 2 is 2.04 bits per heavy atom. The molecule has 0 radical (unpaired) electrons. The number of nitrogens with zero attached hydrogens (tertiary/aromatic N) is 4. The van der Waals surface area contributed by atoms with Crippen LogP contribution < -0.4 is 0 Å². The molecule has 0 atom stereocenters. The topological polar surface area (TPSA) is 50.5 Å². The zero-order valence-electron chi connectivity index (χ0n) is 13.4. The number of carbonyl (C=O) groups is 1. The van der Waals surface area contributed by atoms with Crippen LogP contribution in [0, 0.1) is 6.92 Å². The summed E-state index contributed by atoms with van der Waals surface area (Å²) in [6.07, 6.45) is 8.59. The molecule has 0 spiro atoms. The van der Waals surface area contributed by atoms with Gasteiger partial charge >= 0.3 is 0 Å². The third-order valence-electron chi connectivity index (χ3n) is 3.91. The molecule has 0 fully saturated rings. The number of aromatic nitrogens is 3. The number of hydrogen-bond acceptors (Lipinski definition) is 3. The first kappa shape index (κ1) is 15.2. The van der Waals surface area contributed by atoms with E-state index in [0.29, 0.717) is 13.0 Å². The van der Waals surface area contributed by atoms with Crippen LogP contribution in [-0.2, 0) is 17.6 Å². The lowest BCUT2D eigenvalue weighted by atomic mass is 10.2. The number of amides is 1. The second-order valence-electron chi connectivity index (χ2n) is 5.80. The molecule has 0 bridgehead atoms. The minimum Gasteiger partial charge on any atom is -0.345 e. The summed E-state index contributed by atoms with van der Waals surface area (Å²) in [4.78, 5) is 22.6. The molecule has 3 aromatic heterocycles. The van der Waals surface area contributed by atoms with E-state index in [4.69, 9.17) is 0 Å². The van der Waals surface area contributed by atoms with Gasteiger partial charge in [0.15, 0.2) is 0 Å². The van der Waals surface area contributed by atoms with E-state index in [2.05, 4.69) is 9.97 Å². The second kappa shape index (κ2) is 6.60. The minimum atomic E-state index is 0.0826. The Bertz CT molecular complexity index is 810. The third-order valence-corrected chi connectivity index (χ3v) is 3.91. The molecular formula is C18H20N4O. The van der Waals surface area contributed by atoms with E-state index in [9.17, 15) is 4.79 Å². The van der Waals surface area contributed by atoms with Gasteiger partial charge in [0.25, 0.3) is 0 Å². The predicted octanol–water partition coefficient (Wildman–Crippen LogP) is 2.28. The summed E-state index contributed by atoms with van der Waals surface area (Å²) in [5.41, 5.74) is 4.03. The van der Waals surface area contributed by atoms with Crippen molar-refractivity contribution in [3.8, 4) is 0 Å². The maximum atomic E-state index is 12.3. The van der Waals surface area contributed by atoms with Crippen LogP contribution in [0.4, 0.5) is 0 Å². The highest BCUT2D eigenvalue weighted by Crippen LogP contribution is 2.09. The number of carbonyl (C=O) groups excluding carboxylic acids is 1. The van der Waals surface area contributed by atoms with Gasteiger partial charge < -0.3 is 9.30 Å². The molecule has 1 amide bonds. The van der Waals surface area contributed by atoms with Crippen molar-refractivity contribution in [3.63, 3.8) is 0 Å². The molecule has 3 heterocycles. The first-order chi connectivity index (χ1) is 11.1. The van der Waals surface area contributed by atoms with Crippen LogP contribution in [0.5, 0.6) is 0 Å². The zero-order chi connectivity index (χ0) is 16.2. The van der Waals surface area contributed by atoms with E-state index >= 15 is 0 Å². The highest BCUT2D eigenvalue weighted by Gasteiger charge is 2.12. The molecular weight excluding hydrogens is 288 g/mol. The number of pyridine rings is 2. The van der Waals surface area contributed by atoms with Crippen LogP contribution in [0.2, 0.25) is 0 Å². The Balaban J connectivity index is 1.60. The molecule has 0 unspecified atom stereocenters. The van der Waals surface area contributed by atoms with E-state index in [1.54, 1.807) is 17.3 Å². The molecule has 118 valence electrons. The number of fused-ring (bicyclic) bond motifs is 1. The van der Waals surface area contributed by atoms with Gasteiger partial charge in [-0.15, -0.1) is 0 Å². The maximum Gasteiger partial charge on any atom is 0.228 e. The average molecular weight is 308 g/mol. The van der Waals surface area contributed by atoms with Gasteiger partial charge in [-0.05, 0) is 48.7 Å². The summed E-state index contributed by atoms with van der Waals surface area (Å²) in [5, 5.41) is 0. The monoisotopic (exact) mass is 308 g/mol. The highest BCUT2D eigenvalue weighted by atomic mass is 16.2. The Morgan fingerprint density at radius 3 is 2.83 bits per heavy atom. The highest BCUT2D eigenvalue weighted by molar-refractivity contribution is 5.78. The molecule has 3 aromatic rings. The van der Waals surface area contributed by atoms with Crippen molar-refractivity contribution in [2.24, 2.45) is 0 Å². The summed E-state index contributed by atoms with van der Waals surface area (Å²) in [5.74, 6) is 0.0826. The van der Waals surface area contributed by atoms with Crippen molar-refractivity contribution in [2.75, 3.05) is 13.6 Å². The fourth-order valence-corrected chi connectivity index (χ4v) is 2.48. The molecule has 0 saturated carbocycles. The zero-order valence-corrected chi connectivity index (χ0v) is 13.4. The average Bonchev–Trinajstić information content (AvgIpc) is 2.94. The van der Waals surface area contributed by atoms with E-state index in [1.807, 2.05) is 55.0 Å². The molecule has 3 rings (SSSR count). The van der Waals surface area contributed by atoms with Gasteiger partial charge in [0, 0.05) is 38.4 Å². The van der Waals surface area contributed by atoms with Crippen LogP contribution in [-0.4, -0.2) is 38.8 Å². The maximum absolute atomic E-state index is 12.3. The van der Waals surface area contributed by atoms with Crippen molar-refractivity contribution in [1.29, 1.82) is 0 Å². The van der Waals surface area contributed by atoms with Gasteiger partial charge in [0.2, 0.25) is 5.91 Å². The second-order valence-corrected chi connectivity index (χ2v) is 5.80. The van der Waals surface area contributed by atoms with Crippen LogP contribution >= 0.6 is 0 Å². The van der Waals surface area contributed by atoms with E-state index in [1.165, 1.54) is 5.56 Å². The molecule has 0 aromatic carbocycles. The minimum absolute atomic E-state index is 0.0826. The molecule has 5 heteroatoms. The summed E-state index contributed by atoms with van der Waals surface area (Å²) >= 11 is 0. The Hall–Kier alpha value is -2.69. The number of hydrogen-bond donors (Lipinski definition) is 0. The number of rotatable bonds is 5. The van der Waals surface area contributed by atoms with Crippen LogP contribution in [0.25, 0.3) is 5.65 Å². The van der Waals surface area contributed by atoms with Gasteiger partial charge in [0.1, 0.15) is 5.65 Å². The summed E-state index contributed by atoms with van der Waals surface area (Å²) in [6, 6.07) is 7.99. The lowest BCUT2D eigenvalue weighted by Gasteiger charge is -2.16. The van der Waals surface area contributed by atoms with Gasteiger partial charge in [0.05, 0.1) is 12.1 Å². The van der Waals surface area contributed by atoms with E-state index < -0.39 is 0 Å². The van der Waals surface area contributed by atoms with Crippen LogP contribution in [0.1, 0.15) is 16.8 Å². The Labute approximate surface area is 135 Å². The predicted molar refractivity (Wildman–Crippen MR) is 89.2 cm³/mol. The summed E-state index contributed by atoms with van der Waals surface area (Å²) in [7, 11) is 1.84. The van der Waals surface area contributed by atoms with Gasteiger partial charge in [-0.25, -0.2) is 4.98 Å².